The van der Waals surface area contributed by atoms with Crippen LogP contribution in [-0.4, -0.2) is 17.1 Å². The zero-order valence-corrected chi connectivity index (χ0v) is 14.4. The van der Waals surface area contributed by atoms with Gasteiger partial charge in [-0.1, -0.05) is 12.8 Å². The Kier molecular flexibility index (Phi) is 5.43. The third-order valence-electron chi connectivity index (χ3n) is 3.41. The molecule has 1 aliphatic carbocycles. The summed E-state index contributed by atoms with van der Waals surface area (Å²) in [5.74, 6) is -0.259. The molecule has 0 heterocycles. The van der Waals surface area contributed by atoms with Gasteiger partial charge in [0.2, 0.25) is 0 Å². The molecular weight excluding hydrogens is 400 g/mol. The molecule has 1 aliphatic rings. The van der Waals surface area contributed by atoms with E-state index < -0.39 is 0 Å². The number of benzene rings is 1. The summed E-state index contributed by atoms with van der Waals surface area (Å²) < 4.78 is 0.994. The smallest absolute Gasteiger partial charge is 0.262 e. The first-order chi connectivity index (χ1) is 10.0. The third-order valence-corrected chi connectivity index (χ3v) is 4.61. The van der Waals surface area contributed by atoms with E-state index in [1.165, 1.54) is 6.08 Å². The highest BCUT2D eigenvalue weighted by atomic mass is 79.9. The van der Waals surface area contributed by atoms with Gasteiger partial charge >= 0.3 is 0 Å². The van der Waals surface area contributed by atoms with Gasteiger partial charge in [-0.2, -0.15) is 5.26 Å². The van der Waals surface area contributed by atoms with Crippen molar-refractivity contribution in [1.29, 1.82) is 5.26 Å². The highest BCUT2D eigenvalue weighted by Crippen LogP contribution is 2.34. The van der Waals surface area contributed by atoms with E-state index in [2.05, 4.69) is 37.2 Å². The number of carbonyl (C=O) groups is 1. The predicted molar refractivity (Wildman–Crippen MR) is 87.5 cm³/mol. The number of hydrogen-bond donors (Lipinski definition) is 2. The van der Waals surface area contributed by atoms with Crippen LogP contribution >= 0.6 is 31.9 Å². The lowest BCUT2D eigenvalue weighted by molar-refractivity contribution is -0.117. The number of nitrogens with zero attached hydrogens (tertiary/aromatic N) is 1. The summed E-state index contributed by atoms with van der Waals surface area (Å²) in [5, 5.41) is 21.7. The minimum atomic E-state index is -0.343. The monoisotopic (exact) mass is 412 g/mol. The lowest BCUT2D eigenvalue weighted by Gasteiger charge is -2.11. The molecule has 21 heavy (non-hydrogen) atoms. The molecule has 0 spiro atoms. The van der Waals surface area contributed by atoms with Gasteiger partial charge < -0.3 is 10.4 Å². The van der Waals surface area contributed by atoms with Crippen molar-refractivity contribution in [3.63, 3.8) is 0 Å². The van der Waals surface area contributed by atoms with Crippen molar-refractivity contribution >= 4 is 43.8 Å². The summed E-state index contributed by atoms with van der Waals surface area (Å²) >= 11 is 6.45. The van der Waals surface area contributed by atoms with Crippen LogP contribution in [0.2, 0.25) is 0 Å². The van der Waals surface area contributed by atoms with Crippen LogP contribution in [0.1, 0.15) is 31.2 Å². The van der Waals surface area contributed by atoms with Crippen molar-refractivity contribution in [1.82, 2.24) is 5.32 Å². The summed E-state index contributed by atoms with van der Waals surface area (Å²) in [5.41, 5.74) is 0.719. The molecule has 0 bridgehead atoms. The van der Waals surface area contributed by atoms with Crippen molar-refractivity contribution < 1.29 is 9.90 Å². The van der Waals surface area contributed by atoms with E-state index in [1.54, 1.807) is 12.1 Å². The first-order valence-electron chi connectivity index (χ1n) is 6.62. The van der Waals surface area contributed by atoms with E-state index in [0.29, 0.717) is 14.5 Å². The molecule has 2 N–H and O–H groups in total. The number of hydrogen-bond acceptors (Lipinski definition) is 3. The Balaban J connectivity index is 2.20. The van der Waals surface area contributed by atoms with Gasteiger partial charge in [-0.05, 0) is 68.5 Å². The molecular formula is C15H14Br2N2O2. The zero-order valence-electron chi connectivity index (χ0n) is 11.2. The van der Waals surface area contributed by atoms with Crippen molar-refractivity contribution in [2.45, 2.75) is 31.7 Å². The van der Waals surface area contributed by atoms with Crippen LogP contribution in [0.15, 0.2) is 26.7 Å². The first-order valence-corrected chi connectivity index (χ1v) is 8.20. The Morgan fingerprint density at radius 2 is 1.90 bits per heavy atom. The number of nitrogens with one attached hydrogen (secondary N) is 1. The number of halogens is 2. The first kappa shape index (κ1) is 16.1. The van der Waals surface area contributed by atoms with E-state index in [0.717, 1.165) is 25.7 Å². The van der Waals surface area contributed by atoms with Gasteiger partial charge in [0.25, 0.3) is 5.91 Å². The fourth-order valence-electron chi connectivity index (χ4n) is 2.32. The Morgan fingerprint density at radius 3 is 2.43 bits per heavy atom. The summed E-state index contributed by atoms with van der Waals surface area (Å²) in [6, 6.07) is 5.41. The number of amides is 1. The van der Waals surface area contributed by atoms with Gasteiger partial charge in [0.15, 0.2) is 0 Å². The Labute approximate surface area is 140 Å². The van der Waals surface area contributed by atoms with E-state index in [9.17, 15) is 15.2 Å². The van der Waals surface area contributed by atoms with Gasteiger partial charge in [-0.25, -0.2) is 0 Å². The summed E-state index contributed by atoms with van der Waals surface area (Å²) in [6.45, 7) is 0. The van der Waals surface area contributed by atoms with E-state index in [4.69, 9.17) is 0 Å². The van der Waals surface area contributed by atoms with Crippen LogP contribution in [0.4, 0.5) is 0 Å². The maximum Gasteiger partial charge on any atom is 0.262 e. The third kappa shape index (κ3) is 4.08. The van der Waals surface area contributed by atoms with E-state index in [1.807, 2.05) is 6.07 Å². The maximum atomic E-state index is 12.1. The topological polar surface area (TPSA) is 73.1 Å². The number of phenolic OH excluding ortho intramolecular Hbond substituents is 1. The van der Waals surface area contributed by atoms with Crippen LogP contribution in [-0.2, 0) is 4.79 Å². The van der Waals surface area contributed by atoms with Crippen LogP contribution < -0.4 is 5.32 Å². The average Bonchev–Trinajstić information content (AvgIpc) is 2.94. The second-order valence-corrected chi connectivity index (χ2v) is 6.67. The Hall–Kier alpha value is -1.32. The van der Waals surface area contributed by atoms with Crippen molar-refractivity contribution in [2.24, 2.45) is 0 Å². The van der Waals surface area contributed by atoms with Crippen molar-refractivity contribution in [3.05, 3.63) is 32.2 Å². The van der Waals surface area contributed by atoms with E-state index >= 15 is 0 Å². The molecule has 0 radical (unpaired) electrons. The molecule has 2 rings (SSSR count). The standard InChI is InChI=1S/C15H14Br2N2O2/c16-12-6-9(7-13(17)14(12)20)5-10(8-18)15(21)19-11-3-1-2-4-11/h5-7,11,20H,1-4H2,(H,19,21)/b10-5-. The van der Waals surface area contributed by atoms with Crippen LogP contribution in [0.25, 0.3) is 6.08 Å². The highest BCUT2D eigenvalue weighted by Gasteiger charge is 2.19. The molecule has 0 unspecified atom stereocenters. The maximum absolute atomic E-state index is 12.1. The second kappa shape index (κ2) is 7.10. The molecule has 0 aromatic heterocycles. The minimum Gasteiger partial charge on any atom is -0.506 e. The molecule has 1 fully saturated rings. The van der Waals surface area contributed by atoms with Gasteiger partial charge in [0.1, 0.15) is 17.4 Å². The summed E-state index contributed by atoms with van der Waals surface area (Å²) in [4.78, 5) is 12.1. The second-order valence-electron chi connectivity index (χ2n) is 4.96. The quantitative estimate of drug-likeness (QED) is 0.583. The molecule has 0 atom stereocenters. The molecule has 0 saturated heterocycles. The van der Waals surface area contributed by atoms with Gasteiger partial charge in [-0.3, -0.25) is 4.79 Å². The fourth-order valence-corrected chi connectivity index (χ4v) is 3.54. The molecule has 1 amide bonds. The largest absolute Gasteiger partial charge is 0.506 e. The van der Waals surface area contributed by atoms with Crippen molar-refractivity contribution in [3.8, 4) is 11.8 Å². The number of aromatic hydroxyl groups is 1. The normalized spacial score (nSPS) is 15.8. The highest BCUT2D eigenvalue weighted by molar-refractivity contribution is 9.11. The summed E-state index contributed by atoms with van der Waals surface area (Å²) in [6.07, 6.45) is 5.70. The van der Waals surface area contributed by atoms with Crippen molar-refractivity contribution in [2.75, 3.05) is 0 Å². The van der Waals surface area contributed by atoms with Gasteiger partial charge in [0.05, 0.1) is 8.95 Å². The van der Waals surface area contributed by atoms with Gasteiger partial charge in [0, 0.05) is 6.04 Å². The Bertz CT molecular complexity index is 606. The van der Waals surface area contributed by atoms with E-state index in [-0.39, 0.29) is 23.3 Å². The molecule has 110 valence electrons. The molecule has 0 aliphatic heterocycles. The predicted octanol–water partition coefficient (Wildman–Crippen LogP) is 3.88. The van der Waals surface area contributed by atoms with Gasteiger partial charge in [-0.15, -0.1) is 0 Å². The molecule has 6 heteroatoms. The summed E-state index contributed by atoms with van der Waals surface area (Å²) in [7, 11) is 0. The molecule has 1 aromatic rings. The number of phenols is 1. The SMILES string of the molecule is N#C/C(=C/c1cc(Br)c(O)c(Br)c1)C(=O)NC1CCCC1. The molecule has 1 aromatic carbocycles. The zero-order chi connectivity index (χ0) is 15.4. The number of nitriles is 1. The van der Waals surface area contributed by atoms with Crippen LogP contribution in [0.5, 0.6) is 5.75 Å². The average molecular weight is 414 g/mol. The number of carbonyl (C=O) groups excluding carboxylic acids is 1. The fraction of sp³-hybridized carbons (Fsp3) is 0.333. The minimum absolute atomic E-state index is 0.0615. The Morgan fingerprint density at radius 1 is 1.33 bits per heavy atom. The molecule has 4 nitrogen and oxygen atoms in total. The molecule has 1 saturated carbocycles. The van der Waals surface area contributed by atoms with Crippen LogP contribution in [0, 0.1) is 11.3 Å². The lowest BCUT2D eigenvalue weighted by Crippen LogP contribution is -2.33. The van der Waals surface area contributed by atoms with Crippen LogP contribution in [0.3, 0.4) is 0 Å². The number of rotatable bonds is 3. The lowest BCUT2D eigenvalue weighted by atomic mass is 10.1.